The van der Waals surface area contributed by atoms with Gasteiger partial charge in [-0.1, -0.05) is 37.3 Å². The number of carbonyl (C=O) groups is 3. The van der Waals surface area contributed by atoms with E-state index in [9.17, 15) is 18.8 Å². The molecule has 1 atom stereocenters. The molecule has 0 saturated carbocycles. The second-order valence-corrected chi connectivity index (χ2v) is 6.99. The Morgan fingerprint density at radius 2 is 1.72 bits per heavy atom. The van der Waals surface area contributed by atoms with Crippen molar-refractivity contribution in [2.24, 2.45) is 16.5 Å². The fourth-order valence-corrected chi connectivity index (χ4v) is 3.08. The third kappa shape index (κ3) is 5.25. The number of fused-ring (bicyclic) bond motifs is 1. The molecule has 0 bridgehead atoms. The maximum Gasteiger partial charge on any atom is 0.294 e. The second kappa shape index (κ2) is 9.69. The molecule has 6 N–H and O–H groups in total. The summed E-state index contributed by atoms with van der Waals surface area (Å²) in [5.41, 5.74) is 10.7. The molecule has 1 unspecified atom stereocenters. The van der Waals surface area contributed by atoms with E-state index in [0.29, 0.717) is 12.0 Å². The standard InChI is InChI=1S/C23H22FN5O3/c1-2-19(29-23(25)26)28-22(32)20(30)17-12-16(24)9-10-18(17)27-21(31)15-8-7-13-5-3-4-6-14(13)11-15/h3-12,19H,2H2,1H3,(H,27,31)(H,28,32)(H4,25,26,29). The van der Waals surface area contributed by atoms with Gasteiger partial charge in [0.05, 0.1) is 11.3 Å². The van der Waals surface area contributed by atoms with E-state index in [2.05, 4.69) is 15.6 Å². The zero-order chi connectivity index (χ0) is 23.3. The van der Waals surface area contributed by atoms with Crippen molar-refractivity contribution in [3.8, 4) is 0 Å². The number of nitrogens with two attached hydrogens (primary N) is 2. The van der Waals surface area contributed by atoms with E-state index in [1.54, 1.807) is 25.1 Å². The van der Waals surface area contributed by atoms with Crippen LogP contribution in [0.3, 0.4) is 0 Å². The van der Waals surface area contributed by atoms with Gasteiger partial charge in [0.1, 0.15) is 12.0 Å². The average molecular weight is 435 g/mol. The maximum absolute atomic E-state index is 13.9. The number of benzene rings is 3. The average Bonchev–Trinajstić information content (AvgIpc) is 2.78. The van der Waals surface area contributed by atoms with Crippen molar-refractivity contribution in [2.75, 3.05) is 5.32 Å². The molecule has 0 aromatic heterocycles. The highest BCUT2D eigenvalue weighted by molar-refractivity contribution is 6.44. The van der Waals surface area contributed by atoms with Gasteiger partial charge in [-0.25, -0.2) is 9.38 Å². The summed E-state index contributed by atoms with van der Waals surface area (Å²) in [7, 11) is 0. The summed E-state index contributed by atoms with van der Waals surface area (Å²) >= 11 is 0. The molecular formula is C23H22FN5O3. The van der Waals surface area contributed by atoms with Gasteiger partial charge in [-0.2, -0.15) is 0 Å². The Bertz CT molecular complexity index is 1220. The number of Topliss-reactive ketones (excluding diaryl/α,β-unsaturated/α-hetero) is 1. The Morgan fingerprint density at radius 1 is 1.00 bits per heavy atom. The van der Waals surface area contributed by atoms with Crippen LogP contribution in [0.25, 0.3) is 10.8 Å². The van der Waals surface area contributed by atoms with E-state index in [0.717, 1.165) is 22.9 Å². The molecule has 2 amide bonds. The smallest absolute Gasteiger partial charge is 0.294 e. The minimum Gasteiger partial charge on any atom is -0.370 e. The minimum absolute atomic E-state index is 0.000373. The number of aliphatic imine (C=N–C) groups is 1. The molecule has 0 heterocycles. The highest BCUT2D eigenvalue weighted by Gasteiger charge is 2.23. The lowest BCUT2D eigenvalue weighted by molar-refractivity contribution is -0.117. The van der Waals surface area contributed by atoms with Crippen LogP contribution in [0.4, 0.5) is 10.1 Å². The SMILES string of the molecule is CCC(N=C(N)N)NC(=O)C(=O)c1cc(F)ccc1NC(=O)c1ccc2ccccc2c1. The number of hydrogen-bond donors (Lipinski definition) is 4. The third-order valence-corrected chi connectivity index (χ3v) is 4.68. The second-order valence-electron chi connectivity index (χ2n) is 6.99. The molecule has 0 aliphatic heterocycles. The molecule has 0 spiro atoms. The molecule has 32 heavy (non-hydrogen) atoms. The van der Waals surface area contributed by atoms with E-state index in [1.165, 1.54) is 6.07 Å². The molecule has 9 heteroatoms. The van der Waals surface area contributed by atoms with Crippen LogP contribution < -0.4 is 22.1 Å². The summed E-state index contributed by atoms with van der Waals surface area (Å²) in [5, 5.41) is 6.78. The Morgan fingerprint density at radius 3 is 2.41 bits per heavy atom. The number of hydrogen-bond acceptors (Lipinski definition) is 4. The van der Waals surface area contributed by atoms with E-state index < -0.39 is 29.6 Å². The van der Waals surface area contributed by atoms with Crippen molar-refractivity contribution < 1.29 is 18.8 Å². The predicted molar refractivity (Wildman–Crippen MR) is 121 cm³/mol. The quantitative estimate of drug-likeness (QED) is 0.195. The normalized spacial score (nSPS) is 11.4. The maximum atomic E-state index is 13.9. The first kappa shape index (κ1) is 22.4. The van der Waals surface area contributed by atoms with Crippen molar-refractivity contribution >= 4 is 40.0 Å². The number of guanidine groups is 1. The van der Waals surface area contributed by atoms with E-state index in [-0.39, 0.29) is 17.2 Å². The Hall–Kier alpha value is -4.27. The van der Waals surface area contributed by atoms with Crippen LogP contribution in [-0.4, -0.2) is 29.7 Å². The Labute approximate surface area is 183 Å². The van der Waals surface area contributed by atoms with Crippen molar-refractivity contribution in [2.45, 2.75) is 19.5 Å². The Kier molecular flexibility index (Phi) is 6.79. The van der Waals surface area contributed by atoms with Crippen LogP contribution in [0.5, 0.6) is 0 Å². The van der Waals surface area contributed by atoms with Gasteiger partial charge in [0.15, 0.2) is 5.96 Å². The Balaban J connectivity index is 1.85. The largest absolute Gasteiger partial charge is 0.370 e. The van der Waals surface area contributed by atoms with Gasteiger partial charge in [0.25, 0.3) is 17.6 Å². The van der Waals surface area contributed by atoms with Crippen molar-refractivity contribution in [3.63, 3.8) is 0 Å². The van der Waals surface area contributed by atoms with Gasteiger partial charge in [0, 0.05) is 5.56 Å². The molecule has 0 aliphatic rings. The first-order valence-electron chi connectivity index (χ1n) is 9.82. The monoisotopic (exact) mass is 435 g/mol. The molecule has 3 aromatic carbocycles. The lowest BCUT2D eigenvalue weighted by atomic mass is 10.0. The van der Waals surface area contributed by atoms with Gasteiger partial charge in [0.2, 0.25) is 0 Å². The van der Waals surface area contributed by atoms with E-state index >= 15 is 0 Å². The van der Waals surface area contributed by atoms with Gasteiger partial charge >= 0.3 is 0 Å². The van der Waals surface area contributed by atoms with Gasteiger partial charge in [-0.3, -0.25) is 14.4 Å². The van der Waals surface area contributed by atoms with Gasteiger partial charge in [-0.15, -0.1) is 0 Å². The van der Waals surface area contributed by atoms with Crippen LogP contribution in [-0.2, 0) is 4.79 Å². The van der Waals surface area contributed by atoms with Crippen molar-refractivity contribution in [1.29, 1.82) is 0 Å². The topological polar surface area (TPSA) is 140 Å². The summed E-state index contributed by atoms with van der Waals surface area (Å²) in [6.07, 6.45) is -0.494. The summed E-state index contributed by atoms with van der Waals surface area (Å²) < 4.78 is 13.9. The van der Waals surface area contributed by atoms with Crippen LogP contribution in [0.2, 0.25) is 0 Å². The lowest BCUT2D eigenvalue weighted by Gasteiger charge is -2.14. The molecular weight excluding hydrogens is 413 g/mol. The minimum atomic E-state index is -1.04. The first-order chi connectivity index (χ1) is 15.3. The molecule has 8 nitrogen and oxygen atoms in total. The molecule has 0 aliphatic carbocycles. The molecule has 0 radical (unpaired) electrons. The zero-order valence-corrected chi connectivity index (χ0v) is 17.3. The number of carbonyl (C=O) groups excluding carboxylic acids is 3. The van der Waals surface area contributed by atoms with E-state index in [4.69, 9.17) is 11.5 Å². The summed E-state index contributed by atoms with van der Waals surface area (Å²) in [5.74, 6) is -3.57. The highest BCUT2D eigenvalue weighted by Crippen LogP contribution is 2.21. The molecule has 0 fully saturated rings. The first-order valence-corrected chi connectivity index (χ1v) is 9.82. The van der Waals surface area contributed by atoms with E-state index in [1.807, 2.05) is 24.3 Å². The summed E-state index contributed by atoms with van der Waals surface area (Å²) in [6.45, 7) is 1.71. The number of ketones is 1. The predicted octanol–water partition coefficient (Wildman–Crippen LogP) is 2.54. The number of anilines is 1. The number of halogens is 1. The fourth-order valence-electron chi connectivity index (χ4n) is 3.08. The molecule has 164 valence electrons. The van der Waals surface area contributed by atoms with Gasteiger partial charge < -0.3 is 22.1 Å². The molecule has 3 rings (SSSR count). The number of rotatable bonds is 7. The number of nitrogens with zero attached hydrogens (tertiary/aromatic N) is 1. The van der Waals surface area contributed by atoms with Crippen LogP contribution >= 0.6 is 0 Å². The van der Waals surface area contributed by atoms with Crippen molar-refractivity contribution in [1.82, 2.24) is 5.32 Å². The summed E-state index contributed by atoms with van der Waals surface area (Å²) in [6, 6.07) is 15.8. The van der Waals surface area contributed by atoms with Crippen LogP contribution in [0, 0.1) is 5.82 Å². The van der Waals surface area contributed by atoms with Crippen LogP contribution in [0.1, 0.15) is 34.1 Å². The molecule has 3 aromatic rings. The fraction of sp³-hybridized carbons (Fsp3) is 0.130. The number of amides is 2. The lowest BCUT2D eigenvalue weighted by Crippen LogP contribution is -2.40. The summed E-state index contributed by atoms with van der Waals surface area (Å²) in [4.78, 5) is 41.7. The number of nitrogens with one attached hydrogen (secondary N) is 2. The van der Waals surface area contributed by atoms with Gasteiger partial charge in [-0.05, 0) is 47.5 Å². The highest BCUT2D eigenvalue weighted by atomic mass is 19.1. The molecule has 0 saturated heterocycles. The van der Waals surface area contributed by atoms with Crippen LogP contribution in [0.15, 0.2) is 65.7 Å². The zero-order valence-electron chi connectivity index (χ0n) is 17.3. The van der Waals surface area contributed by atoms with Crippen molar-refractivity contribution in [3.05, 3.63) is 77.6 Å². The third-order valence-electron chi connectivity index (χ3n) is 4.68.